The summed E-state index contributed by atoms with van der Waals surface area (Å²) in [6.45, 7) is 3.91. The molecule has 1 unspecified atom stereocenters. The Morgan fingerprint density at radius 2 is 1.84 bits per heavy atom. The lowest BCUT2D eigenvalue weighted by molar-refractivity contribution is -0.139. The Bertz CT molecular complexity index is 469. The highest BCUT2D eigenvalue weighted by Gasteiger charge is 2.23. The predicted molar refractivity (Wildman–Crippen MR) is 78.1 cm³/mol. The second-order valence-electron chi connectivity index (χ2n) is 5.66. The molecule has 0 aromatic heterocycles. The maximum atomic E-state index is 11.3. The van der Waals surface area contributed by atoms with E-state index in [2.05, 4.69) is 18.2 Å². The fraction of sp³-hybridized carbons (Fsp3) is 0.471. The Balaban J connectivity index is 2.22. The van der Waals surface area contributed by atoms with Crippen LogP contribution >= 0.6 is 0 Å². The summed E-state index contributed by atoms with van der Waals surface area (Å²) >= 11 is 0. The Labute approximate surface area is 115 Å². The minimum atomic E-state index is -0.736. The molecular formula is C17H22O2. The maximum Gasteiger partial charge on any atom is 0.311 e. The van der Waals surface area contributed by atoms with Crippen LogP contribution in [-0.2, 0) is 4.79 Å². The third-order valence-electron chi connectivity index (χ3n) is 3.86. The van der Waals surface area contributed by atoms with Gasteiger partial charge in [-0.05, 0) is 48.3 Å². The Morgan fingerprint density at radius 1 is 1.16 bits per heavy atom. The molecule has 0 fully saturated rings. The first-order valence-corrected chi connectivity index (χ1v) is 7.11. The van der Waals surface area contributed by atoms with E-state index in [1.807, 2.05) is 26.0 Å². The van der Waals surface area contributed by atoms with Gasteiger partial charge in [0.25, 0.3) is 0 Å². The van der Waals surface area contributed by atoms with Gasteiger partial charge in [-0.15, -0.1) is 0 Å². The van der Waals surface area contributed by atoms with Gasteiger partial charge < -0.3 is 5.11 Å². The molecule has 0 spiro atoms. The molecule has 2 nitrogen and oxygen atoms in total. The van der Waals surface area contributed by atoms with Gasteiger partial charge in [0.05, 0.1) is 5.92 Å². The van der Waals surface area contributed by atoms with Crippen molar-refractivity contribution in [1.29, 1.82) is 0 Å². The minimum absolute atomic E-state index is 0.109. The quantitative estimate of drug-likeness (QED) is 0.865. The first-order chi connectivity index (χ1) is 9.09. The largest absolute Gasteiger partial charge is 0.481 e. The Morgan fingerprint density at radius 3 is 2.32 bits per heavy atom. The number of hydrogen-bond donors (Lipinski definition) is 1. The van der Waals surface area contributed by atoms with E-state index in [9.17, 15) is 9.90 Å². The predicted octanol–water partition coefficient (Wildman–Crippen LogP) is 4.47. The van der Waals surface area contributed by atoms with Gasteiger partial charge in [0.1, 0.15) is 0 Å². The van der Waals surface area contributed by atoms with Gasteiger partial charge in [0.15, 0.2) is 0 Å². The molecule has 1 aromatic rings. The van der Waals surface area contributed by atoms with E-state index >= 15 is 0 Å². The molecule has 19 heavy (non-hydrogen) atoms. The topological polar surface area (TPSA) is 37.3 Å². The van der Waals surface area contributed by atoms with Crippen LogP contribution in [0.2, 0.25) is 0 Å². The van der Waals surface area contributed by atoms with Gasteiger partial charge in [-0.3, -0.25) is 4.79 Å². The lowest BCUT2D eigenvalue weighted by Crippen LogP contribution is -2.17. The molecule has 0 saturated carbocycles. The van der Waals surface area contributed by atoms with Crippen LogP contribution in [0.1, 0.15) is 56.6 Å². The number of rotatable bonds is 4. The van der Waals surface area contributed by atoms with Crippen LogP contribution < -0.4 is 0 Å². The van der Waals surface area contributed by atoms with Crippen molar-refractivity contribution in [2.24, 2.45) is 5.92 Å². The zero-order valence-electron chi connectivity index (χ0n) is 11.7. The van der Waals surface area contributed by atoms with Crippen molar-refractivity contribution in [3.63, 3.8) is 0 Å². The molecule has 1 aliphatic rings. The molecule has 1 atom stereocenters. The number of carbonyl (C=O) groups is 1. The van der Waals surface area contributed by atoms with E-state index in [1.54, 1.807) is 0 Å². The molecule has 1 aliphatic carbocycles. The number of carboxylic acids is 1. The number of allylic oxidation sites excluding steroid dienone is 2. The molecule has 0 heterocycles. The summed E-state index contributed by atoms with van der Waals surface area (Å²) in [5.74, 6) is -1.04. The van der Waals surface area contributed by atoms with Gasteiger partial charge in [-0.2, -0.15) is 0 Å². The summed E-state index contributed by atoms with van der Waals surface area (Å²) in [5.41, 5.74) is 3.56. The monoisotopic (exact) mass is 258 g/mol. The molecule has 2 rings (SSSR count). The number of hydrogen-bond acceptors (Lipinski definition) is 1. The summed E-state index contributed by atoms with van der Waals surface area (Å²) in [6.07, 6.45) is 7.18. The summed E-state index contributed by atoms with van der Waals surface area (Å²) in [6, 6.07) is 8.10. The van der Waals surface area contributed by atoms with Gasteiger partial charge in [0, 0.05) is 0 Å². The third-order valence-corrected chi connectivity index (χ3v) is 3.86. The summed E-state index contributed by atoms with van der Waals surface area (Å²) < 4.78 is 0. The van der Waals surface area contributed by atoms with Crippen molar-refractivity contribution >= 4 is 11.5 Å². The molecule has 0 aliphatic heterocycles. The van der Waals surface area contributed by atoms with Gasteiger partial charge in [0.2, 0.25) is 0 Å². The molecule has 1 N–H and O–H groups in total. The van der Waals surface area contributed by atoms with Crippen LogP contribution in [0.5, 0.6) is 0 Å². The van der Waals surface area contributed by atoms with Crippen molar-refractivity contribution in [3.05, 3.63) is 41.5 Å². The standard InChI is InChI=1S/C17H22O2/c1-12(2)16(17(18)19)15-10-8-14(9-11-15)13-6-4-3-5-7-13/h6,8-12,16H,3-5,7H2,1-2H3,(H,18,19). The molecule has 0 amide bonds. The van der Waals surface area contributed by atoms with E-state index in [0.29, 0.717) is 0 Å². The normalized spacial score (nSPS) is 17.1. The second-order valence-corrected chi connectivity index (χ2v) is 5.66. The van der Waals surface area contributed by atoms with E-state index in [-0.39, 0.29) is 5.92 Å². The fourth-order valence-corrected chi connectivity index (χ4v) is 2.82. The van der Waals surface area contributed by atoms with E-state index < -0.39 is 11.9 Å². The Kier molecular flexibility index (Phi) is 4.41. The smallest absolute Gasteiger partial charge is 0.311 e. The van der Waals surface area contributed by atoms with Crippen LogP contribution in [0, 0.1) is 5.92 Å². The second kappa shape index (κ2) is 6.05. The maximum absolute atomic E-state index is 11.3. The molecular weight excluding hydrogens is 236 g/mol. The molecule has 0 saturated heterocycles. The van der Waals surface area contributed by atoms with Crippen LogP contribution in [-0.4, -0.2) is 11.1 Å². The van der Waals surface area contributed by atoms with Gasteiger partial charge >= 0.3 is 5.97 Å². The zero-order valence-corrected chi connectivity index (χ0v) is 11.7. The van der Waals surface area contributed by atoms with Crippen molar-refractivity contribution in [1.82, 2.24) is 0 Å². The number of carboxylic acid groups (broad SMARTS) is 1. The van der Waals surface area contributed by atoms with E-state index in [1.165, 1.54) is 30.4 Å². The van der Waals surface area contributed by atoms with Crippen LogP contribution in [0.4, 0.5) is 0 Å². The minimum Gasteiger partial charge on any atom is -0.481 e. The molecule has 0 radical (unpaired) electrons. The Hall–Kier alpha value is -1.57. The van der Waals surface area contributed by atoms with Crippen molar-refractivity contribution < 1.29 is 9.90 Å². The average Bonchev–Trinajstić information content (AvgIpc) is 2.40. The average molecular weight is 258 g/mol. The highest BCUT2D eigenvalue weighted by molar-refractivity contribution is 5.77. The molecule has 102 valence electrons. The fourth-order valence-electron chi connectivity index (χ4n) is 2.82. The molecule has 0 bridgehead atoms. The SMILES string of the molecule is CC(C)C(C(=O)O)c1ccc(C2=CCCCC2)cc1. The zero-order chi connectivity index (χ0) is 13.8. The third kappa shape index (κ3) is 3.25. The molecule has 2 heteroatoms. The highest BCUT2D eigenvalue weighted by Crippen LogP contribution is 2.29. The summed E-state index contributed by atoms with van der Waals surface area (Å²) in [4.78, 5) is 11.3. The number of aliphatic carboxylic acids is 1. The van der Waals surface area contributed by atoms with Crippen LogP contribution in [0.15, 0.2) is 30.3 Å². The van der Waals surface area contributed by atoms with E-state index in [0.717, 1.165) is 12.0 Å². The first-order valence-electron chi connectivity index (χ1n) is 7.11. The number of benzene rings is 1. The highest BCUT2D eigenvalue weighted by atomic mass is 16.4. The van der Waals surface area contributed by atoms with Crippen LogP contribution in [0.3, 0.4) is 0 Å². The first kappa shape index (κ1) is 13.9. The summed E-state index contributed by atoms with van der Waals surface area (Å²) in [5, 5.41) is 9.30. The van der Waals surface area contributed by atoms with Crippen molar-refractivity contribution in [3.8, 4) is 0 Å². The van der Waals surface area contributed by atoms with Crippen LogP contribution in [0.25, 0.3) is 5.57 Å². The van der Waals surface area contributed by atoms with Gasteiger partial charge in [-0.25, -0.2) is 0 Å². The lowest BCUT2D eigenvalue weighted by atomic mass is 9.86. The van der Waals surface area contributed by atoms with Gasteiger partial charge in [-0.1, -0.05) is 44.2 Å². The van der Waals surface area contributed by atoms with E-state index in [4.69, 9.17) is 0 Å². The lowest BCUT2D eigenvalue weighted by Gasteiger charge is -2.18. The van der Waals surface area contributed by atoms with Crippen molar-refractivity contribution in [2.75, 3.05) is 0 Å². The van der Waals surface area contributed by atoms with Crippen molar-refractivity contribution in [2.45, 2.75) is 45.4 Å². The molecule has 1 aromatic carbocycles. The summed E-state index contributed by atoms with van der Waals surface area (Å²) in [7, 11) is 0.